The minimum absolute atomic E-state index is 0. The molecular formula is C13H19CoS2-3. The number of unbranched alkanes of at least 4 members (excludes halogenated alkanes) is 3. The molecule has 1 aromatic carbocycles. The zero-order valence-electron chi connectivity index (χ0n) is 9.65. The minimum atomic E-state index is 0. The fourth-order valence-corrected chi connectivity index (χ4v) is 1.37. The van der Waals surface area contributed by atoms with Crippen LogP contribution in [0, 0.1) is 0 Å². The Kier molecular flexibility index (Phi) is 17.3. The maximum atomic E-state index is 4.95. The first-order valence-electron chi connectivity index (χ1n) is 5.46. The van der Waals surface area contributed by atoms with Gasteiger partial charge in [0.2, 0.25) is 0 Å². The maximum absolute atomic E-state index is 4.95. The molecule has 0 amide bonds. The largest absolute Gasteiger partial charge is 0.789 e. The topological polar surface area (TPSA) is 0 Å². The van der Waals surface area contributed by atoms with Gasteiger partial charge >= 0.3 is 0 Å². The van der Waals surface area contributed by atoms with E-state index >= 15 is 0 Å². The van der Waals surface area contributed by atoms with Gasteiger partial charge in [-0.05, 0) is 0 Å². The van der Waals surface area contributed by atoms with Crippen LogP contribution in [0.4, 0.5) is 0 Å². The van der Waals surface area contributed by atoms with Crippen molar-refractivity contribution in [2.75, 3.05) is 0 Å². The minimum Gasteiger partial charge on any atom is -0.789 e. The molecule has 0 aromatic heterocycles. The standard InChI is InChI=1S/C8H16S2.C5H5.Co/c1-2-3-4-5-6-8(10)7-9;1-2-4-5-3-1;/h7,9-10H,2-6H2,1H3;1-5H;/q;-1;/p-2/b8-7-;;. The second-order valence-electron chi connectivity index (χ2n) is 3.36. The number of rotatable bonds is 5. The summed E-state index contributed by atoms with van der Waals surface area (Å²) in [5.74, 6) is 0. The van der Waals surface area contributed by atoms with Crippen molar-refractivity contribution in [3.8, 4) is 0 Å². The molecule has 0 N–H and O–H groups in total. The second kappa shape index (κ2) is 15.0. The van der Waals surface area contributed by atoms with E-state index in [1.807, 2.05) is 30.3 Å². The molecule has 0 saturated carbocycles. The fraction of sp³-hybridized carbons (Fsp3) is 0.462. The molecule has 1 aromatic rings. The predicted molar refractivity (Wildman–Crippen MR) is 73.6 cm³/mol. The molecule has 95 valence electrons. The molecule has 0 heterocycles. The van der Waals surface area contributed by atoms with Gasteiger partial charge in [0.1, 0.15) is 0 Å². The molecule has 1 rings (SSSR count). The molecule has 0 bridgehead atoms. The van der Waals surface area contributed by atoms with Crippen molar-refractivity contribution >= 4 is 25.3 Å². The first kappa shape index (κ1) is 18.4. The maximum Gasteiger partial charge on any atom is 0 e. The molecule has 0 unspecified atom stereocenters. The van der Waals surface area contributed by atoms with Gasteiger partial charge in [-0.1, -0.05) is 39.0 Å². The van der Waals surface area contributed by atoms with Gasteiger partial charge in [-0.15, -0.1) is 0 Å². The summed E-state index contributed by atoms with van der Waals surface area (Å²) in [5.41, 5.74) is 0. The van der Waals surface area contributed by atoms with Crippen molar-refractivity contribution < 1.29 is 16.8 Å². The quantitative estimate of drug-likeness (QED) is 0.452. The Balaban J connectivity index is 0. The summed E-state index contributed by atoms with van der Waals surface area (Å²) in [5, 5.41) is 1.61. The first-order valence-corrected chi connectivity index (χ1v) is 6.34. The fourth-order valence-electron chi connectivity index (χ4n) is 1.11. The van der Waals surface area contributed by atoms with Gasteiger partial charge in [0.15, 0.2) is 0 Å². The molecule has 0 spiro atoms. The smallest absolute Gasteiger partial charge is 0 e. The Labute approximate surface area is 121 Å². The normalized spacial score (nSPS) is 9.94. The Morgan fingerprint density at radius 2 is 1.81 bits per heavy atom. The van der Waals surface area contributed by atoms with Crippen LogP contribution in [0.2, 0.25) is 0 Å². The Morgan fingerprint density at radius 3 is 2.19 bits per heavy atom. The summed E-state index contributed by atoms with van der Waals surface area (Å²) in [6.45, 7) is 2.21. The number of allylic oxidation sites excluding steroid dienone is 1. The Bertz CT molecular complexity index is 213. The average Bonchev–Trinajstić information content (AvgIpc) is 2.82. The monoisotopic (exact) mass is 298 g/mol. The van der Waals surface area contributed by atoms with Gasteiger partial charge in [0.05, 0.1) is 0 Å². The van der Waals surface area contributed by atoms with Gasteiger partial charge in [0.25, 0.3) is 0 Å². The molecule has 1 radical (unpaired) electrons. The Hall–Kier alpha value is 0.0365. The SMILES string of the molecule is CCCCCC/C([S-])=C/[S-].[Co].c1cc[cH-]c1. The summed E-state index contributed by atoms with van der Waals surface area (Å²) in [4.78, 5) is 0.936. The third-order valence-electron chi connectivity index (χ3n) is 1.96. The molecule has 16 heavy (non-hydrogen) atoms. The molecule has 0 fully saturated rings. The second-order valence-corrected chi connectivity index (χ2v) is 4.12. The van der Waals surface area contributed by atoms with E-state index in [-0.39, 0.29) is 16.8 Å². The average molecular weight is 298 g/mol. The van der Waals surface area contributed by atoms with Gasteiger partial charge in [0, 0.05) is 16.8 Å². The Morgan fingerprint density at radius 1 is 1.19 bits per heavy atom. The summed E-state index contributed by atoms with van der Waals surface area (Å²) in [6.07, 6.45) is 6.11. The van der Waals surface area contributed by atoms with E-state index in [1.54, 1.807) is 5.41 Å². The number of hydrogen-bond donors (Lipinski definition) is 0. The van der Waals surface area contributed by atoms with Crippen LogP contribution >= 0.6 is 0 Å². The van der Waals surface area contributed by atoms with E-state index in [9.17, 15) is 0 Å². The summed E-state index contributed by atoms with van der Waals surface area (Å²) < 4.78 is 0. The molecule has 0 nitrogen and oxygen atoms in total. The summed E-state index contributed by atoms with van der Waals surface area (Å²) in [6, 6.07) is 10.0. The van der Waals surface area contributed by atoms with Crippen molar-refractivity contribution in [1.82, 2.24) is 0 Å². The van der Waals surface area contributed by atoms with Crippen molar-refractivity contribution in [2.45, 2.75) is 39.0 Å². The zero-order chi connectivity index (χ0) is 11.4. The number of hydrogen-bond acceptors (Lipinski definition) is 2. The summed E-state index contributed by atoms with van der Waals surface area (Å²) >= 11 is 9.63. The van der Waals surface area contributed by atoms with Gasteiger partial charge in [-0.3, -0.25) is 0 Å². The van der Waals surface area contributed by atoms with Crippen LogP contribution < -0.4 is 0 Å². The van der Waals surface area contributed by atoms with Crippen LogP contribution in [0.1, 0.15) is 39.0 Å². The third kappa shape index (κ3) is 14.0. The van der Waals surface area contributed by atoms with Crippen LogP contribution in [-0.2, 0) is 42.0 Å². The van der Waals surface area contributed by atoms with E-state index in [1.165, 1.54) is 25.7 Å². The molecule has 0 aliphatic rings. The molecule has 0 saturated heterocycles. The van der Waals surface area contributed by atoms with E-state index < -0.39 is 0 Å². The first-order chi connectivity index (χ1) is 7.31. The summed E-state index contributed by atoms with van der Waals surface area (Å²) in [7, 11) is 0. The van der Waals surface area contributed by atoms with Crippen molar-refractivity contribution in [3.05, 3.63) is 40.6 Å². The molecular weight excluding hydrogens is 279 g/mol. The van der Waals surface area contributed by atoms with Crippen LogP contribution in [0.15, 0.2) is 40.6 Å². The van der Waals surface area contributed by atoms with E-state index in [4.69, 9.17) is 12.6 Å². The third-order valence-corrected chi connectivity index (χ3v) is 2.72. The predicted octanol–water partition coefficient (Wildman–Crippen LogP) is 4.30. The van der Waals surface area contributed by atoms with E-state index in [0.717, 1.165) is 11.3 Å². The van der Waals surface area contributed by atoms with Gasteiger partial charge < -0.3 is 25.3 Å². The molecule has 0 aliphatic heterocycles. The molecule has 0 atom stereocenters. The van der Waals surface area contributed by atoms with Crippen molar-refractivity contribution in [3.63, 3.8) is 0 Å². The van der Waals surface area contributed by atoms with Crippen LogP contribution in [0.3, 0.4) is 0 Å². The van der Waals surface area contributed by atoms with Crippen LogP contribution in [0.25, 0.3) is 0 Å². The van der Waals surface area contributed by atoms with E-state index in [2.05, 4.69) is 19.6 Å². The van der Waals surface area contributed by atoms with Gasteiger partial charge in [-0.2, -0.15) is 18.2 Å². The molecule has 0 aliphatic carbocycles. The van der Waals surface area contributed by atoms with Crippen molar-refractivity contribution in [2.24, 2.45) is 0 Å². The van der Waals surface area contributed by atoms with Crippen molar-refractivity contribution in [1.29, 1.82) is 0 Å². The zero-order valence-corrected chi connectivity index (χ0v) is 12.3. The van der Waals surface area contributed by atoms with Crippen LogP contribution in [0.5, 0.6) is 0 Å². The van der Waals surface area contributed by atoms with Crippen LogP contribution in [-0.4, -0.2) is 0 Å². The van der Waals surface area contributed by atoms with E-state index in [0.29, 0.717) is 0 Å². The molecule has 3 heteroatoms. The van der Waals surface area contributed by atoms with Gasteiger partial charge in [-0.25, -0.2) is 22.4 Å².